The Hall–Kier alpha value is -1.41. The molecule has 1 unspecified atom stereocenters. The van der Waals surface area contributed by atoms with E-state index in [0.29, 0.717) is 24.8 Å². The average Bonchev–Trinajstić information content (AvgIpc) is 2.44. The van der Waals surface area contributed by atoms with Crippen molar-refractivity contribution in [2.24, 2.45) is 0 Å². The Morgan fingerprint density at radius 2 is 1.82 bits per heavy atom. The lowest BCUT2D eigenvalue weighted by atomic mass is 10.1. The zero-order chi connectivity index (χ0) is 16.8. The maximum atomic E-state index is 10.2. The number of nitriles is 1. The first-order valence-corrected chi connectivity index (χ1v) is 7.76. The van der Waals surface area contributed by atoms with Gasteiger partial charge in [0.2, 0.25) is 0 Å². The second kappa shape index (κ2) is 8.28. The lowest BCUT2D eigenvalue weighted by molar-refractivity contribution is -0.0587. The van der Waals surface area contributed by atoms with Gasteiger partial charge in [-0.15, -0.1) is 0 Å². The third-order valence-corrected chi connectivity index (χ3v) is 3.35. The molecule has 0 saturated carbocycles. The normalized spacial score (nSPS) is 13.4. The number of benzene rings is 1. The largest absolute Gasteiger partial charge is 0.389 e. The molecule has 1 atom stereocenters. The Balaban J connectivity index is 2.59. The topological polar surface area (TPSA) is 56.5 Å². The molecule has 0 radical (unpaired) electrons. The minimum atomic E-state index is -0.514. The van der Waals surface area contributed by atoms with Crippen LogP contribution in [0.4, 0.5) is 0 Å². The summed E-state index contributed by atoms with van der Waals surface area (Å²) >= 11 is 0. The van der Waals surface area contributed by atoms with Gasteiger partial charge in [0.15, 0.2) is 0 Å². The maximum absolute atomic E-state index is 10.2. The highest BCUT2D eigenvalue weighted by molar-refractivity contribution is 5.31. The first-order chi connectivity index (χ1) is 10.2. The molecular formula is C18H28N2O2. The van der Waals surface area contributed by atoms with E-state index < -0.39 is 6.10 Å². The highest BCUT2D eigenvalue weighted by atomic mass is 16.5. The zero-order valence-corrected chi connectivity index (χ0v) is 14.3. The highest BCUT2D eigenvalue weighted by Crippen LogP contribution is 2.12. The van der Waals surface area contributed by atoms with Gasteiger partial charge in [-0.3, -0.25) is 4.90 Å². The smallest absolute Gasteiger partial charge is 0.0991 e. The molecule has 0 aliphatic heterocycles. The van der Waals surface area contributed by atoms with Crippen molar-refractivity contribution in [3.8, 4) is 6.07 Å². The van der Waals surface area contributed by atoms with Crippen molar-refractivity contribution in [1.82, 2.24) is 4.90 Å². The van der Waals surface area contributed by atoms with Crippen molar-refractivity contribution in [3.63, 3.8) is 0 Å². The molecule has 4 heteroatoms. The second-order valence-corrected chi connectivity index (χ2v) is 6.91. The third-order valence-electron chi connectivity index (χ3n) is 3.35. The summed E-state index contributed by atoms with van der Waals surface area (Å²) in [5, 5.41) is 19.0. The van der Waals surface area contributed by atoms with Gasteiger partial charge in [0.1, 0.15) is 0 Å². The molecule has 1 aromatic rings. The zero-order valence-electron chi connectivity index (χ0n) is 14.3. The van der Waals surface area contributed by atoms with Crippen LogP contribution in [0, 0.1) is 11.3 Å². The highest BCUT2D eigenvalue weighted by Gasteiger charge is 2.18. The number of ether oxygens (including phenoxy) is 1. The average molecular weight is 304 g/mol. The summed E-state index contributed by atoms with van der Waals surface area (Å²) in [6.45, 7) is 11.8. The molecule has 0 bridgehead atoms. The van der Waals surface area contributed by atoms with Gasteiger partial charge < -0.3 is 9.84 Å². The quantitative estimate of drug-likeness (QED) is 0.841. The number of aliphatic hydroxyl groups is 1. The van der Waals surface area contributed by atoms with Gasteiger partial charge in [0.25, 0.3) is 0 Å². The number of hydrogen-bond donors (Lipinski definition) is 1. The molecule has 122 valence electrons. The van der Waals surface area contributed by atoms with Gasteiger partial charge in [0, 0.05) is 19.1 Å². The monoisotopic (exact) mass is 304 g/mol. The first-order valence-electron chi connectivity index (χ1n) is 7.76. The maximum Gasteiger partial charge on any atom is 0.0991 e. The summed E-state index contributed by atoms with van der Waals surface area (Å²) in [6.07, 6.45) is -0.514. The molecule has 0 amide bonds. The fourth-order valence-corrected chi connectivity index (χ4v) is 2.05. The Morgan fingerprint density at radius 1 is 1.23 bits per heavy atom. The third kappa shape index (κ3) is 7.04. The molecule has 1 rings (SSSR count). The van der Waals surface area contributed by atoms with Gasteiger partial charge in [-0.2, -0.15) is 5.26 Å². The number of hydrogen-bond acceptors (Lipinski definition) is 4. The predicted molar refractivity (Wildman–Crippen MR) is 88.4 cm³/mol. The molecule has 0 spiro atoms. The lowest BCUT2D eigenvalue weighted by Crippen LogP contribution is -2.40. The van der Waals surface area contributed by atoms with Crippen LogP contribution in [0.5, 0.6) is 0 Å². The summed E-state index contributed by atoms with van der Waals surface area (Å²) in [4.78, 5) is 2.21. The molecule has 0 aromatic heterocycles. The van der Waals surface area contributed by atoms with Crippen molar-refractivity contribution in [2.45, 2.75) is 58.9 Å². The number of nitrogens with zero attached hydrogens (tertiary/aromatic N) is 2. The second-order valence-electron chi connectivity index (χ2n) is 6.91. The van der Waals surface area contributed by atoms with Gasteiger partial charge in [-0.25, -0.2) is 0 Å². The fraction of sp³-hybridized carbons (Fsp3) is 0.611. The number of rotatable bonds is 7. The Labute approximate surface area is 134 Å². The van der Waals surface area contributed by atoms with Gasteiger partial charge >= 0.3 is 0 Å². The molecule has 1 aromatic carbocycles. The standard InChI is InChI=1S/C18H28N2O2/c1-14(2)20(12-17(21)13-22-18(3,4)5)11-16-8-6-15(10-19)7-9-16/h6-9,14,17,21H,11-13H2,1-5H3. The lowest BCUT2D eigenvalue weighted by Gasteiger charge is -2.30. The van der Waals surface area contributed by atoms with E-state index in [1.807, 2.05) is 45.0 Å². The Bertz CT molecular complexity index is 483. The van der Waals surface area contributed by atoms with Crippen molar-refractivity contribution >= 4 is 0 Å². The van der Waals surface area contributed by atoms with Crippen molar-refractivity contribution in [2.75, 3.05) is 13.2 Å². The van der Waals surface area contributed by atoms with E-state index in [1.54, 1.807) is 0 Å². The fourth-order valence-electron chi connectivity index (χ4n) is 2.05. The van der Waals surface area contributed by atoms with E-state index in [9.17, 15) is 5.11 Å². The van der Waals surface area contributed by atoms with E-state index in [1.165, 1.54) is 0 Å². The van der Waals surface area contributed by atoms with Crippen LogP contribution in [0.2, 0.25) is 0 Å². The molecule has 0 heterocycles. The van der Waals surface area contributed by atoms with Crippen LogP contribution >= 0.6 is 0 Å². The van der Waals surface area contributed by atoms with Crippen molar-refractivity contribution in [1.29, 1.82) is 5.26 Å². The summed E-state index contributed by atoms with van der Waals surface area (Å²) in [6, 6.07) is 10.0. The van der Waals surface area contributed by atoms with Crippen LogP contribution in [0.3, 0.4) is 0 Å². The van der Waals surface area contributed by atoms with Gasteiger partial charge in [0.05, 0.1) is 29.9 Å². The summed E-state index contributed by atoms with van der Waals surface area (Å²) in [5.41, 5.74) is 1.56. The molecular weight excluding hydrogens is 276 g/mol. The van der Waals surface area contributed by atoms with E-state index in [0.717, 1.165) is 12.1 Å². The molecule has 22 heavy (non-hydrogen) atoms. The van der Waals surface area contributed by atoms with E-state index >= 15 is 0 Å². The van der Waals surface area contributed by atoms with Crippen LogP contribution in [0.15, 0.2) is 24.3 Å². The van der Waals surface area contributed by atoms with Crippen LogP contribution in [-0.4, -0.2) is 40.9 Å². The van der Waals surface area contributed by atoms with Crippen molar-refractivity contribution < 1.29 is 9.84 Å². The first kappa shape index (κ1) is 18.6. The van der Waals surface area contributed by atoms with Crippen LogP contribution in [0.25, 0.3) is 0 Å². The van der Waals surface area contributed by atoms with Crippen LogP contribution in [-0.2, 0) is 11.3 Å². The van der Waals surface area contributed by atoms with E-state index in [-0.39, 0.29) is 5.60 Å². The Kier molecular flexibility index (Phi) is 7.02. The minimum absolute atomic E-state index is 0.239. The van der Waals surface area contributed by atoms with Crippen LogP contribution < -0.4 is 0 Å². The molecule has 1 N–H and O–H groups in total. The number of aliphatic hydroxyl groups excluding tert-OH is 1. The summed E-state index contributed by atoms with van der Waals surface area (Å²) in [7, 11) is 0. The van der Waals surface area contributed by atoms with Gasteiger partial charge in [-0.1, -0.05) is 12.1 Å². The molecule has 0 aliphatic carbocycles. The van der Waals surface area contributed by atoms with Crippen LogP contribution in [0.1, 0.15) is 45.7 Å². The molecule has 0 aliphatic rings. The SMILES string of the molecule is CC(C)N(Cc1ccc(C#N)cc1)CC(O)COC(C)(C)C. The summed E-state index contributed by atoms with van der Waals surface area (Å²) < 4.78 is 5.64. The molecule has 4 nitrogen and oxygen atoms in total. The summed E-state index contributed by atoms with van der Waals surface area (Å²) in [5.74, 6) is 0. The Morgan fingerprint density at radius 3 is 2.27 bits per heavy atom. The predicted octanol–water partition coefficient (Wildman–Crippen LogP) is 2.94. The van der Waals surface area contributed by atoms with Gasteiger partial charge in [-0.05, 0) is 52.3 Å². The molecule has 0 saturated heterocycles. The van der Waals surface area contributed by atoms with E-state index in [4.69, 9.17) is 10.00 Å². The van der Waals surface area contributed by atoms with E-state index in [2.05, 4.69) is 24.8 Å². The molecule has 0 fully saturated rings. The van der Waals surface area contributed by atoms with Crippen molar-refractivity contribution in [3.05, 3.63) is 35.4 Å². The minimum Gasteiger partial charge on any atom is -0.389 e.